The molecule has 0 radical (unpaired) electrons. The minimum absolute atomic E-state index is 0.0356. The minimum atomic E-state index is -0.0356. The van der Waals surface area contributed by atoms with Gasteiger partial charge < -0.3 is 9.64 Å². The summed E-state index contributed by atoms with van der Waals surface area (Å²) in [5, 5.41) is 2.93. The molecular weight excluding hydrogens is 296 g/mol. The second-order valence-corrected chi connectivity index (χ2v) is 5.93. The lowest BCUT2D eigenvalue weighted by Crippen LogP contribution is -2.32. The predicted molar refractivity (Wildman–Crippen MR) is 89.6 cm³/mol. The summed E-state index contributed by atoms with van der Waals surface area (Å²) in [5.41, 5.74) is 1.92. The molecule has 0 fully saturated rings. The molecular formula is C17H20N2O2S. The number of carbonyl (C=O) groups excluding carboxylic acids is 1. The molecule has 0 unspecified atom stereocenters. The van der Waals surface area contributed by atoms with Gasteiger partial charge in [0.05, 0.1) is 17.3 Å². The van der Waals surface area contributed by atoms with Gasteiger partial charge in [-0.2, -0.15) is 0 Å². The fourth-order valence-corrected chi connectivity index (χ4v) is 2.57. The lowest BCUT2D eigenvalue weighted by atomic mass is 10.2. The van der Waals surface area contributed by atoms with Crippen molar-refractivity contribution in [3.05, 3.63) is 58.1 Å². The third kappa shape index (κ3) is 5.09. The maximum absolute atomic E-state index is 12.4. The van der Waals surface area contributed by atoms with Gasteiger partial charge in [0.2, 0.25) is 5.91 Å². The Morgan fingerprint density at radius 1 is 1.36 bits per heavy atom. The number of rotatable bonds is 7. The number of aromatic nitrogens is 1. The van der Waals surface area contributed by atoms with Crippen molar-refractivity contribution in [3.63, 3.8) is 0 Å². The molecule has 0 bridgehead atoms. The summed E-state index contributed by atoms with van der Waals surface area (Å²) in [6.07, 6.45) is 3.34. The maximum atomic E-state index is 12.4. The summed E-state index contributed by atoms with van der Waals surface area (Å²) in [6.45, 7) is 3.60. The van der Waals surface area contributed by atoms with Crippen LogP contribution in [0.1, 0.15) is 16.3 Å². The lowest BCUT2D eigenvalue weighted by molar-refractivity contribution is -0.127. The van der Waals surface area contributed by atoms with E-state index in [0.717, 1.165) is 16.3 Å². The second kappa shape index (κ2) is 8.46. The monoisotopic (exact) mass is 316 g/mol. The van der Waals surface area contributed by atoms with Crippen LogP contribution in [-0.2, 0) is 16.1 Å². The highest BCUT2D eigenvalue weighted by Gasteiger charge is 2.11. The number of hydrogen-bond donors (Lipinski definition) is 0. The number of carbonyl (C=O) groups is 1. The molecule has 1 aromatic carbocycles. The van der Waals surface area contributed by atoms with Crippen LogP contribution in [-0.4, -0.2) is 36.1 Å². The normalized spacial score (nSPS) is 11.0. The van der Waals surface area contributed by atoms with Crippen molar-refractivity contribution in [2.24, 2.45) is 0 Å². The minimum Gasteiger partial charge on any atom is -0.383 e. The van der Waals surface area contributed by atoms with Crippen LogP contribution in [0.15, 0.2) is 41.8 Å². The summed E-state index contributed by atoms with van der Waals surface area (Å²) in [6, 6.07) is 9.95. The van der Waals surface area contributed by atoms with Crippen molar-refractivity contribution in [2.45, 2.75) is 13.5 Å². The molecule has 0 saturated carbocycles. The highest BCUT2D eigenvalue weighted by molar-refractivity contribution is 7.09. The van der Waals surface area contributed by atoms with Crippen LogP contribution in [0, 0.1) is 6.92 Å². The molecule has 1 amide bonds. The van der Waals surface area contributed by atoms with Gasteiger partial charge in [-0.15, -0.1) is 11.3 Å². The zero-order chi connectivity index (χ0) is 15.8. The van der Waals surface area contributed by atoms with Crippen LogP contribution in [0.5, 0.6) is 0 Å². The van der Waals surface area contributed by atoms with Gasteiger partial charge in [-0.3, -0.25) is 4.79 Å². The van der Waals surface area contributed by atoms with Crippen LogP contribution in [0.4, 0.5) is 0 Å². The number of hydrogen-bond acceptors (Lipinski definition) is 4. The highest BCUT2D eigenvalue weighted by atomic mass is 32.1. The van der Waals surface area contributed by atoms with E-state index in [1.54, 1.807) is 35.5 Å². The number of benzene rings is 1. The SMILES string of the molecule is COCCN(Cc1ccccc1)C(=O)C=Cc1csc(C)n1. The molecule has 1 heterocycles. The van der Waals surface area contributed by atoms with E-state index in [9.17, 15) is 4.79 Å². The fraction of sp³-hybridized carbons (Fsp3) is 0.294. The maximum Gasteiger partial charge on any atom is 0.247 e. The van der Waals surface area contributed by atoms with Crippen LogP contribution in [0.25, 0.3) is 6.08 Å². The van der Waals surface area contributed by atoms with Crippen molar-refractivity contribution in [1.29, 1.82) is 0 Å². The van der Waals surface area contributed by atoms with Crippen LogP contribution >= 0.6 is 11.3 Å². The smallest absolute Gasteiger partial charge is 0.247 e. The lowest BCUT2D eigenvalue weighted by Gasteiger charge is -2.21. The quantitative estimate of drug-likeness (QED) is 0.737. The largest absolute Gasteiger partial charge is 0.383 e. The molecule has 0 atom stereocenters. The van der Waals surface area contributed by atoms with E-state index in [1.165, 1.54) is 0 Å². The van der Waals surface area contributed by atoms with Crippen LogP contribution < -0.4 is 0 Å². The van der Waals surface area contributed by atoms with E-state index in [1.807, 2.05) is 42.6 Å². The molecule has 116 valence electrons. The first-order valence-electron chi connectivity index (χ1n) is 7.11. The highest BCUT2D eigenvalue weighted by Crippen LogP contribution is 2.10. The molecule has 0 saturated heterocycles. The van der Waals surface area contributed by atoms with Crippen molar-refractivity contribution < 1.29 is 9.53 Å². The van der Waals surface area contributed by atoms with Gasteiger partial charge in [-0.05, 0) is 18.6 Å². The Kier molecular flexibility index (Phi) is 6.30. The summed E-state index contributed by atoms with van der Waals surface area (Å²) < 4.78 is 5.10. The summed E-state index contributed by atoms with van der Waals surface area (Å²) >= 11 is 1.57. The van der Waals surface area contributed by atoms with Gasteiger partial charge in [-0.1, -0.05) is 30.3 Å². The molecule has 0 aliphatic heterocycles. The molecule has 0 aliphatic rings. The average molecular weight is 316 g/mol. The number of methoxy groups -OCH3 is 1. The number of amides is 1. The molecule has 2 rings (SSSR count). The van der Waals surface area contributed by atoms with Gasteiger partial charge >= 0.3 is 0 Å². The van der Waals surface area contributed by atoms with Gasteiger partial charge in [0, 0.05) is 31.7 Å². The zero-order valence-corrected chi connectivity index (χ0v) is 13.7. The first-order chi connectivity index (χ1) is 10.7. The fourth-order valence-electron chi connectivity index (χ4n) is 1.99. The van der Waals surface area contributed by atoms with Crippen molar-refractivity contribution in [1.82, 2.24) is 9.88 Å². The number of ether oxygens (including phenoxy) is 1. The van der Waals surface area contributed by atoms with Crippen LogP contribution in [0.3, 0.4) is 0 Å². The molecule has 2 aromatic rings. The van der Waals surface area contributed by atoms with Crippen molar-refractivity contribution in [3.8, 4) is 0 Å². The van der Waals surface area contributed by atoms with Crippen molar-refractivity contribution in [2.75, 3.05) is 20.3 Å². The molecule has 1 aromatic heterocycles. The van der Waals surface area contributed by atoms with Gasteiger partial charge in [0.15, 0.2) is 0 Å². The summed E-state index contributed by atoms with van der Waals surface area (Å²) in [4.78, 5) is 18.5. The number of aryl methyl sites for hydroxylation is 1. The van der Waals surface area contributed by atoms with E-state index < -0.39 is 0 Å². The predicted octanol–water partition coefficient (Wildman–Crippen LogP) is 3.14. The van der Waals surface area contributed by atoms with Gasteiger partial charge in [-0.25, -0.2) is 4.98 Å². The Balaban J connectivity index is 2.03. The second-order valence-electron chi connectivity index (χ2n) is 4.86. The van der Waals surface area contributed by atoms with Gasteiger partial charge in [0.1, 0.15) is 0 Å². The topological polar surface area (TPSA) is 42.4 Å². The van der Waals surface area contributed by atoms with Crippen molar-refractivity contribution >= 4 is 23.3 Å². The molecule has 22 heavy (non-hydrogen) atoms. The first-order valence-corrected chi connectivity index (χ1v) is 7.99. The standard InChI is InChI=1S/C17H20N2O2S/c1-14-18-16(13-22-14)8-9-17(20)19(10-11-21-2)12-15-6-4-3-5-7-15/h3-9,13H,10-12H2,1-2H3. The molecule has 0 spiro atoms. The zero-order valence-electron chi connectivity index (χ0n) is 12.9. The van der Waals surface area contributed by atoms with E-state index in [-0.39, 0.29) is 5.91 Å². The molecule has 0 aliphatic carbocycles. The van der Waals surface area contributed by atoms with Crippen LogP contribution in [0.2, 0.25) is 0 Å². The summed E-state index contributed by atoms with van der Waals surface area (Å²) in [5.74, 6) is -0.0356. The Hall–Kier alpha value is -1.98. The third-order valence-electron chi connectivity index (χ3n) is 3.13. The van der Waals surface area contributed by atoms with E-state index in [0.29, 0.717) is 19.7 Å². The molecule has 5 heteroatoms. The Labute approximate surface area is 135 Å². The Morgan fingerprint density at radius 2 is 2.14 bits per heavy atom. The Morgan fingerprint density at radius 3 is 2.77 bits per heavy atom. The van der Waals surface area contributed by atoms with E-state index >= 15 is 0 Å². The molecule has 4 nitrogen and oxygen atoms in total. The first kappa shape index (κ1) is 16.4. The summed E-state index contributed by atoms with van der Waals surface area (Å²) in [7, 11) is 1.64. The molecule has 0 N–H and O–H groups in total. The Bertz CT molecular complexity index is 623. The van der Waals surface area contributed by atoms with E-state index in [2.05, 4.69) is 4.98 Å². The van der Waals surface area contributed by atoms with E-state index in [4.69, 9.17) is 4.74 Å². The number of thiazole rings is 1. The van der Waals surface area contributed by atoms with Gasteiger partial charge in [0.25, 0.3) is 0 Å². The average Bonchev–Trinajstić information content (AvgIpc) is 2.95. The number of nitrogens with zero attached hydrogens (tertiary/aromatic N) is 2. The third-order valence-corrected chi connectivity index (χ3v) is 3.92.